The number of carbonyl (C=O) groups excluding carboxylic acids is 1. The zero-order chi connectivity index (χ0) is 14.5. The first-order valence-electron chi connectivity index (χ1n) is 6.63. The first-order valence-corrected chi connectivity index (χ1v) is 7.62. The molecule has 1 heterocycles. The van der Waals surface area contributed by atoms with Gasteiger partial charge in [0.1, 0.15) is 5.69 Å². The Hall–Kier alpha value is -2.33. The van der Waals surface area contributed by atoms with Crippen molar-refractivity contribution in [3.05, 3.63) is 78.1 Å². The third-order valence-corrected chi connectivity index (χ3v) is 4.08. The van der Waals surface area contributed by atoms with Crippen LogP contribution in [0.2, 0.25) is 0 Å². The van der Waals surface area contributed by atoms with E-state index in [2.05, 4.69) is 17.1 Å². The standard InChI is InChI=1S/C17H14N2OS/c20-12-15-11-19(16-9-5-2-6-10-16)17(18-15)21-13-14-7-3-1-4-8-14/h1-12H,13H2. The van der Waals surface area contributed by atoms with Crippen LogP contribution in [-0.2, 0) is 5.75 Å². The molecule has 104 valence electrons. The van der Waals surface area contributed by atoms with Crippen molar-refractivity contribution in [2.24, 2.45) is 0 Å². The van der Waals surface area contributed by atoms with Gasteiger partial charge in [-0.15, -0.1) is 0 Å². The first kappa shape index (κ1) is 13.6. The summed E-state index contributed by atoms with van der Waals surface area (Å²) < 4.78 is 1.96. The second-order valence-electron chi connectivity index (χ2n) is 4.55. The lowest BCUT2D eigenvalue weighted by atomic mass is 10.2. The fourth-order valence-corrected chi connectivity index (χ4v) is 2.99. The Morgan fingerprint density at radius 3 is 2.33 bits per heavy atom. The number of para-hydroxylation sites is 1. The number of aldehydes is 1. The minimum Gasteiger partial charge on any atom is -0.296 e. The molecule has 4 heteroatoms. The lowest BCUT2D eigenvalue weighted by Crippen LogP contribution is -1.94. The van der Waals surface area contributed by atoms with E-state index in [0.717, 1.165) is 22.9 Å². The van der Waals surface area contributed by atoms with Crippen LogP contribution in [0.3, 0.4) is 0 Å². The highest BCUT2D eigenvalue weighted by Gasteiger charge is 2.10. The Labute approximate surface area is 127 Å². The van der Waals surface area contributed by atoms with Gasteiger partial charge in [-0.3, -0.25) is 9.36 Å². The summed E-state index contributed by atoms with van der Waals surface area (Å²) in [6.07, 6.45) is 2.56. The fourth-order valence-electron chi connectivity index (χ4n) is 2.03. The smallest absolute Gasteiger partial charge is 0.173 e. The summed E-state index contributed by atoms with van der Waals surface area (Å²) in [7, 11) is 0. The molecule has 0 aliphatic rings. The van der Waals surface area contributed by atoms with Gasteiger partial charge in [0.2, 0.25) is 0 Å². The van der Waals surface area contributed by atoms with Crippen LogP contribution in [0.1, 0.15) is 16.1 Å². The molecule has 0 spiro atoms. The highest BCUT2D eigenvalue weighted by Crippen LogP contribution is 2.25. The van der Waals surface area contributed by atoms with Crippen LogP contribution in [0.25, 0.3) is 5.69 Å². The van der Waals surface area contributed by atoms with Crippen LogP contribution in [0.4, 0.5) is 0 Å². The molecule has 0 aliphatic carbocycles. The zero-order valence-electron chi connectivity index (χ0n) is 11.3. The van der Waals surface area contributed by atoms with E-state index in [4.69, 9.17) is 0 Å². The molecule has 3 rings (SSSR count). The largest absolute Gasteiger partial charge is 0.296 e. The van der Waals surface area contributed by atoms with Gasteiger partial charge in [-0.1, -0.05) is 60.3 Å². The summed E-state index contributed by atoms with van der Waals surface area (Å²) in [4.78, 5) is 15.4. The Kier molecular flexibility index (Phi) is 4.17. The molecule has 0 aliphatic heterocycles. The van der Waals surface area contributed by atoms with Crippen molar-refractivity contribution in [3.63, 3.8) is 0 Å². The SMILES string of the molecule is O=Cc1cn(-c2ccccc2)c(SCc2ccccc2)n1. The minimum absolute atomic E-state index is 0.453. The van der Waals surface area contributed by atoms with E-state index < -0.39 is 0 Å². The van der Waals surface area contributed by atoms with Crippen molar-refractivity contribution in [1.82, 2.24) is 9.55 Å². The van der Waals surface area contributed by atoms with Crippen molar-refractivity contribution < 1.29 is 4.79 Å². The monoisotopic (exact) mass is 294 g/mol. The number of thioether (sulfide) groups is 1. The predicted octanol–water partition coefficient (Wildman–Crippen LogP) is 3.98. The molecule has 0 unspecified atom stereocenters. The van der Waals surface area contributed by atoms with Crippen LogP contribution in [-0.4, -0.2) is 15.8 Å². The van der Waals surface area contributed by atoms with Gasteiger partial charge in [-0.05, 0) is 17.7 Å². The molecule has 2 aromatic carbocycles. The second kappa shape index (κ2) is 6.41. The van der Waals surface area contributed by atoms with Gasteiger partial charge >= 0.3 is 0 Å². The lowest BCUT2D eigenvalue weighted by Gasteiger charge is -2.07. The summed E-state index contributed by atoms with van der Waals surface area (Å²) >= 11 is 1.62. The number of benzene rings is 2. The van der Waals surface area contributed by atoms with Crippen molar-refractivity contribution in [2.75, 3.05) is 0 Å². The van der Waals surface area contributed by atoms with E-state index in [0.29, 0.717) is 5.69 Å². The van der Waals surface area contributed by atoms with Crippen molar-refractivity contribution in [1.29, 1.82) is 0 Å². The first-order chi connectivity index (χ1) is 10.4. The highest BCUT2D eigenvalue weighted by molar-refractivity contribution is 7.98. The number of imidazole rings is 1. The Balaban J connectivity index is 1.87. The molecule has 3 nitrogen and oxygen atoms in total. The Morgan fingerprint density at radius 2 is 1.67 bits per heavy atom. The lowest BCUT2D eigenvalue weighted by molar-refractivity contribution is 0.111. The number of aromatic nitrogens is 2. The summed E-state index contributed by atoms with van der Waals surface area (Å²) in [5, 5.41) is 0.826. The van der Waals surface area contributed by atoms with Crippen LogP contribution in [0.15, 0.2) is 72.0 Å². The molecule has 1 aromatic heterocycles. The molecule has 0 radical (unpaired) electrons. The van der Waals surface area contributed by atoms with Crippen molar-refractivity contribution in [3.8, 4) is 5.69 Å². The number of hydrogen-bond acceptors (Lipinski definition) is 3. The van der Waals surface area contributed by atoms with E-state index in [9.17, 15) is 4.79 Å². The molecule has 0 amide bonds. The summed E-state index contributed by atoms with van der Waals surface area (Å²) in [5.74, 6) is 0.822. The summed E-state index contributed by atoms with van der Waals surface area (Å²) in [6.45, 7) is 0. The van der Waals surface area contributed by atoms with Crippen LogP contribution in [0, 0.1) is 0 Å². The molecule has 21 heavy (non-hydrogen) atoms. The number of rotatable bonds is 5. The van der Waals surface area contributed by atoms with Gasteiger partial charge in [0.25, 0.3) is 0 Å². The number of hydrogen-bond donors (Lipinski definition) is 0. The maximum Gasteiger partial charge on any atom is 0.173 e. The molecular formula is C17H14N2OS. The van der Waals surface area contributed by atoms with Gasteiger partial charge in [0.15, 0.2) is 11.4 Å². The molecular weight excluding hydrogens is 280 g/mol. The van der Waals surface area contributed by atoms with E-state index in [1.165, 1.54) is 5.56 Å². The molecule has 0 atom stereocenters. The van der Waals surface area contributed by atoms with Crippen LogP contribution >= 0.6 is 11.8 Å². The molecule has 0 N–H and O–H groups in total. The third kappa shape index (κ3) is 3.23. The minimum atomic E-state index is 0.453. The van der Waals surface area contributed by atoms with E-state index in [1.807, 2.05) is 53.1 Å². The quantitative estimate of drug-likeness (QED) is 0.527. The van der Waals surface area contributed by atoms with Crippen LogP contribution < -0.4 is 0 Å². The maximum atomic E-state index is 11.0. The third-order valence-electron chi connectivity index (χ3n) is 3.06. The molecule has 0 bridgehead atoms. The second-order valence-corrected chi connectivity index (χ2v) is 5.49. The molecule has 0 saturated heterocycles. The highest BCUT2D eigenvalue weighted by atomic mass is 32.2. The zero-order valence-corrected chi connectivity index (χ0v) is 12.2. The van der Waals surface area contributed by atoms with Gasteiger partial charge < -0.3 is 0 Å². The number of nitrogens with zero attached hydrogens (tertiary/aromatic N) is 2. The summed E-state index contributed by atoms with van der Waals surface area (Å²) in [5.41, 5.74) is 2.70. The Morgan fingerprint density at radius 1 is 1.00 bits per heavy atom. The maximum absolute atomic E-state index is 11.0. The topological polar surface area (TPSA) is 34.9 Å². The normalized spacial score (nSPS) is 10.5. The van der Waals surface area contributed by atoms with Crippen LogP contribution in [0.5, 0.6) is 0 Å². The van der Waals surface area contributed by atoms with E-state index >= 15 is 0 Å². The fraction of sp³-hybridized carbons (Fsp3) is 0.0588. The summed E-state index contributed by atoms with van der Waals surface area (Å²) in [6, 6.07) is 20.1. The predicted molar refractivity (Wildman–Crippen MR) is 85.0 cm³/mol. The van der Waals surface area contributed by atoms with E-state index in [1.54, 1.807) is 18.0 Å². The molecule has 0 saturated carbocycles. The molecule has 0 fully saturated rings. The Bertz CT molecular complexity index is 723. The van der Waals surface area contributed by atoms with E-state index in [-0.39, 0.29) is 0 Å². The van der Waals surface area contributed by atoms with Gasteiger partial charge in [-0.2, -0.15) is 0 Å². The van der Waals surface area contributed by atoms with Crippen molar-refractivity contribution >= 4 is 18.0 Å². The average Bonchev–Trinajstić information content (AvgIpc) is 2.98. The van der Waals surface area contributed by atoms with Gasteiger partial charge in [-0.25, -0.2) is 4.98 Å². The van der Waals surface area contributed by atoms with Gasteiger partial charge in [0, 0.05) is 17.6 Å². The van der Waals surface area contributed by atoms with Gasteiger partial charge in [0.05, 0.1) is 0 Å². The molecule has 3 aromatic rings. The number of carbonyl (C=O) groups is 1. The van der Waals surface area contributed by atoms with Crippen molar-refractivity contribution in [2.45, 2.75) is 10.9 Å². The average molecular weight is 294 g/mol.